The van der Waals surface area contributed by atoms with E-state index >= 15 is 0 Å². The van der Waals surface area contributed by atoms with Gasteiger partial charge in [-0.25, -0.2) is 0 Å². The highest BCUT2D eigenvalue weighted by molar-refractivity contribution is 7.99. The zero-order valence-electron chi connectivity index (χ0n) is 12.2. The standard InChI is InChI=1S/C12H23N5O2S/c1-9(2)19-12-16-10(13-3)15-11(17-12)14-5-8-20-7-4-6-18/h9,18H,4-8H2,1-3H3,(H2,13,14,15,16,17). The maximum atomic E-state index is 8.68. The first-order chi connectivity index (χ1) is 9.65. The highest BCUT2D eigenvalue weighted by atomic mass is 32.2. The molecule has 0 aliphatic carbocycles. The van der Waals surface area contributed by atoms with Crippen LogP contribution >= 0.6 is 11.8 Å². The fourth-order valence-electron chi connectivity index (χ4n) is 1.31. The van der Waals surface area contributed by atoms with Crippen molar-refractivity contribution < 1.29 is 9.84 Å². The van der Waals surface area contributed by atoms with Crippen molar-refractivity contribution in [3.05, 3.63) is 0 Å². The van der Waals surface area contributed by atoms with E-state index in [2.05, 4.69) is 25.6 Å². The molecular formula is C12H23N5O2S. The first-order valence-electron chi connectivity index (χ1n) is 6.68. The summed E-state index contributed by atoms with van der Waals surface area (Å²) in [6.07, 6.45) is 0.844. The summed E-state index contributed by atoms with van der Waals surface area (Å²) < 4.78 is 5.48. The van der Waals surface area contributed by atoms with Gasteiger partial charge in [0.1, 0.15) is 0 Å². The summed E-state index contributed by atoms with van der Waals surface area (Å²) in [6, 6.07) is 0.315. The largest absolute Gasteiger partial charge is 0.461 e. The number of thioether (sulfide) groups is 1. The van der Waals surface area contributed by atoms with Gasteiger partial charge in [-0.2, -0.15) is 26.7 Å². The van der Waals surface area contributed by atoms with Crippen LogP contribution in [0.15, 0.2) is 0 Å². The molecule has 20 heavy (non-hydrogen) atoms. The van der Waals surface area contributed by atoms with E-state index in [-0.39, 0.29) is 12.7 Å². The van der Waals surface area contributed by atoms with Crippen LogP contribution in [0.5, 0.6) is 6.01 Å². The Balaban J connectivity index is 2.47. The van der Waals surface area contributed by atoms with Gasteiger partial charge in [0.2, 0.25) is 11.9 Å². The number of hydrogen-bond acceptors (Lipinski definition) is 8. The summed E-state index contributed by atoms with van der Waals surface area (Å²) in [7, 11) is 1.75. The summed E-state index contributed by atoms with van der Waals surface area (Å²) in [5.74, 6) is 2.87. The van der Waals surface area contributed by atoms with Gasteiger partial charge in [-0.3, -0.25) is 0 Å². The molecule has 0 unspecified atom stereocenters. The number of aromatic nitrogens is 3. The van der Waals surface area contributed by atoms with Gasteiger partial charge in [-0.05, 0) is 26.0 Å². The summed E-state index contributed by atoms with van der Waals surface area (Å²) in [5.41, 5.74) is 0. The number of nitrogens with one attached hydrogen (secondary N) is 2. The molecule has 0 radical (unpaired) electrons. The molecule has 7 nitrogen and oxygen atoms in total. The number of nitrogens with zero attached hydrogens (tertiary/aromatic N) is 3. The van der Waals surface area contributed by atoms with Gasteiger partial charge in [0.25, 0.3) is 0 Å². The second kappa shape index (κ2) is 9.60. The predicted octanol–water partition coefficient (Wildman–Crippen LogP) is 1.23. The van der Waals surface area contributed by atoms with Crippen LogP contribution in [0, 0.1) is 0 Å². The summed E-state index contributed by atoms with van der Waals surface area (Å²) >= 11 is 1.78. The SMILES string of the molecule is CNc1nc(NCCSCCCO)nc(OC(C)C)n1. The van der Waals surface area contributed by atoms with Crippen molar-refractivity contribution in [3.8, 4) is 6.01 Å². The van der Waals surface area contributed by atoms with Gasteiger partial charge >= 0.3 is 6.01 Å². The van der Waals surface area contributed by atoms with Crippen molar-refractivity contribution in [2.24, 2.45) is 0 Å². The van der Waals surface area contributed by atoms with Crippen LogP contribution < -0.4 is 15.4 Å². The number of anilines is 2. The van der Waals surface area contributed by atoms with Gasteiger partial charge in [0.05, 0.1) is 6.10 Å². The number of aliphatic hydroxyl groups is 1. The van der Waals surface area contributed by atoms with Gasteiger partial charge in [0.15, 0.2) is 0 Å². The van der Waals surface area contributed by atoms with Gasteiger partial charge in [-0.15, -0.1) is 0 Å². The van der Waals surface area contributed by atoms with Crippen molar-refractivity contribution in [2.45, 2.75) is 26.4 Å². The average molecular weight is 301 g/mol. The Morgan fingerprint density at radius 2 is 1.95 bits per heavy atom. The molecule has 1 heterocycles. The van der Waals surface area contributed by atoms with Crippen molar-refractivity contribution >= 4 is 23.7 Å². The van der Waals surface area contributed by atoms with Crippen LogP contribution in [0.2, 0.25) is 0 Å². The van der Waals surface area contributed by atoms with E-state index in [0.29, 0.717) is 17.9 Å². The second-order valence-electron chi connectivity index (χ2n) is 4.30. The molecule has 1 aromatic rings. The zero-order valence-corrected chi connectivity index (χ0v) is 13.0. The van der Waals surface area contributed by atoms with Crippen LogP contribution in [0.4, 0.5) is 11.9 Å². The summed E-state index contributed by atoms with van der Waals surface area (Å²) in [6.45, 7) is 4.85. The molecule has 1 rings (SSSR count). The molecule has 0 atom stereocenters. The first kappa shape index (κ1) is 16.8. The lowest BCUT2D eigenvalue weighted by molar-refractivity contribution is 0.222. The molecule has 3 N–H and O–H groups in total. The lowest BCUT2D eigenvalue weighted by atomic mass is 10.5. The minimum Gasteiger partial charge on any atom is -0.461 e. The Labute approximate surface area is 124 Å². The molecule has 114 valence electrons. The molecule has 0 aliphatic rings. The number of rotatable bonds is 10. The minimum absolute atomic E-state index is 0.0176. The molecule has 0 saturated carbocycles. The lowest BCUT2D eigenvalue weighted by Crippen LogP contribution is -2.14. The summed E-state index contributed by atoms with van der Waals surface area (Å²) in [5, 5.41) is 14.7. The van der Waals surface area contributed by atoms with E-state index in [1.165, 1.54) is 0 Å². The molecule has 0 aliphatic heterocycles. The lowest BCUT2D eigenvalue weighted by Gasteiger charge is -2.11. The third kappa shape index (κ3) is 6.76. The number of aliphatic hydroxyl groups excluding tert-OH is 1. The molecule has 0 amide bonds. The minimum atomic E-state index is 0.0176. The number of ether oxygens (including phenoxy) is 1. The van der Waals surface area contributed by atoms with E-state index in [9.17, 15) is 0 Å². The molecular weight excluding hydrogens is 278 g/mol. The van der Waals surface area contributed by atoms with Crippen molar-refractivity contribution in [3.63, 3.8) is 0 Å². The topological polar surface area (TPSA) is 92.2 Å². The predicted molar refractivity (Wildman–Crippen MR) is 82.7 cm³/mol. The Morgan fingerprint density at radius 1 is 1.20 bits per heavy atom. The van der Waals surface area contributed by atoms with Crippen LogP contribution in [0.1, 0.15) is 20.3 Å². The van der Waals surface area contributed by atoms with Crippen molar-refractivity contribution in [1.29, 1.82) is 0 Å². The Bertz CT molecular complexity index is 392. The molecule has 8 heteroatoms. The van der Waals surface area contributed by atoms with Gasteiger partial charge in [-0.1, -0.05) is 0 Å². The van der Waals surface area contributed by atoms with Crippen LogP contribution in [-0.4, -0.2) is 57.9 Å². The van der Waals surface area contributed by atoms with Crippen LogP contribution in [0.25, 0.3) is 0 Å². The smallest absolute Gasteiger partial charge is 0.323 e. The monoisotopic (exact) mass is 301 g/mol. The van der Waals surface area contributed by atoms with Crippen molar-refractivity contribution in [1.82, 2.24) is 15.0 Å². The molecule has 0 spiro atoms. The maximum absolute atomic E-state index is 8.68. The summed E-state index contributed by atoms with van der Waals surface area (Å²) in [4.78, 5) is 12.6. The van der Waals surface area contributed by atoms with E-state index in [0.717, 1.165) is 24.5 Å². The molecule has 1 aromatic heterocycles. The van der Waals surface area contributed by atoms with E-state index in [1.54, 1.807) is 18.8 Å². The Hall–Kier alpha value is -1.28. The molecule has 0 aromatic carbocycles. The fraction of sp³-hybridized carbons (Fsp3) is 0.750. The normalized spacial score (nSPS) is 10.7. The van der Waals surface area contributed by atoms with Gasteiger partial charge in [0, 0.05) is 26.0 Å². The quantitative estimate of drug-likeness (QED) is 0.556. The fourth-order valence-corrected chi connectivity index (χ4v) is 2.10. The first-order valence-corrected chi connectivity index (χ1v) is 7.84. The van der Waals surface area contributed by atoms with Crippen LogP contribution in [0.3, 0.4) is 0 Å². The number of hydrogen-bond donors (Lipinski definition) is 3. The Kier molecular flexibility index (Phi) is 8.05. The van der Waals surface area contributed by atoms with E-state index in [4.69, 9.17) is 9.84 Å². The average Bonchev–Trinajstić information content (AvgIpc) is 2.41. The third-order valence-electron chi connectivity index (χ3n) is 2.16. The Morgan fingerprint density at radius 3 is 2.60 bits per heavy atom. The molecule has 0 fully saturated rings. The zero-order chi connectivity index (χ0) is 14.8. The van der Waals surface area contributed by atoms with Crippen LogP contribution in [-0.2, 0) is 0 Å². The molecule has 0 bridgehead atoms. The molecule has 0 saturated heterocycles. The second-order valence-corrected chi connectivity index (χ2v) is 5.52. The third-order valence-corrected chi connectivity index (χ3v) is 3.23. The van der Waals surface area contributed by atoms with Gasteiger partial charge < -0.3 is 20.5 Å². The van der Waals surface area contributed by atoms with E-state index < -0.39 is 0 Å². The maximum Gasteiger partial charge on any atom is 0.323 e. The highest BCUT2D eigenvalue weighted by Gasteiger charge is 2.07. The van der Waals surface area contributed by atoms with Crippen molar-refractivity contribution in [2.75, 3.05) is 42.3 Å². The highest BCUT2D eigenvalue weighted by Crippen LogP contribution is 2.12. The van der Waals surface area contributed by atoms with E-state index in [1.807, 2.05) is 13.8 Å².